The summed E-state index contributed by atoms with van der Waals surface area (Å²) in [5.41, 5.74) is 4.30. The van der Waals surface area contributed by atoms with E-state index in [1.165, 1.54) is 0 Å². The zero-order valence-corrected chi connectivity index (χ0v) is 16.7. The summed E-state index contributed by atoms with van der Waals surface area (Å²) in [6.07, 6.45) is 1.64. The predicted octanol–water partition coefficient (Wildman–Crippen LogP) is 5.32. The molecular weight excluding hydrogens is 374 g/mol. The van der Waals surface area contributed by atoms with E-state index in [9.17, 15) is 4.79 Å². The standard InChI is InChI=1S/C22H22ClN3O2/c1-3-7-17-19(21(27)28-4-2)20(14-10-12-15(23)13-11-14)26-18-9-6-5-8-16(18)24-22(26)25-17/h5-6,8-13,20H,3-4,7H2,1-2H3,(H,24,25)/t20-/m1/s1. The Morgan fingerprint density at radius 1 is 1.18 bits per heavy atom. The number of allylic oxidation sites excluding steroid dienone is 1. The Morgan fingerprint density at radius 2 is 1.93 bits per heavy atom. The lowest BCUT2D eigenvalue weighted by Gasteiger charge is -2.31. The maximum atomic E-state index is 13.0. The van der Waals surface area contributed by atoms with Crippen molar-refractivity contribution < 1.29 is 9.53 Å². The molecule has 5 nitrogen and oxygen atoms in total. The summed E-state index contributed by atoms with van der Waals surface area (Å²) >= 11 is 6.12. The van der Waals surface area contributed by atoms with Crippen LogP contribution >= 0.6 is 11.6 Å². The average Bonchev–Trinajstić information content (AvgIpc) is 3.06. The first-order chi connectivity index (χ1) is 13.6. The third-order valence-electron chi connectivity index (χ3n) is 4.90. The first-order valence-corrected chi connectivity index (χ1v) is 9.91. The zero-order valence-electron chi connectivity index (χ0n) is 15.9. The van der Waals surface area contributed by atoms with Crippen LogP contribution in [0.5, 0.6) is 0 Å². The summed E-state index contributed by atoms with van der Waals surface area (Å²) in [5, 5.41) is 4.05. The van der Waals surface area contributed by atoms with Gasteiger partial charge in [0.15, 0.2) is 0 Å². The fraction of sp³-hybridized carbons (Fsp3) is 0.273. The van der Waals surface area contributed by atoms with Crippen LogP contribution in [0, 0.1) is 0 Å². The molecule has 6 heteroatoms. The normalized spacial score (nSPS) is 16.0. The zero-order chi connectivity index (χ0) is 19.7. The van der Waals surface area contributed by atoms with Gasteiger partial charge in [-0.05, 0) is 43.2 Å². The fourth-order valence-electron chi connectivity index (χ4n) is 3.74. The average molecular weight is 396 g/mol. The van der Waals surface area contributed by atoms with Gasteiger partial charge in [-0.1, -0.05) is 49.2 Å². The van der Waals surface area contributed by atoms with Crippen molar-refractivity contribution in [1.29, 1.82) is 0 Å². The monoisotopic (exact) mass is 395 g/mol. The van der Waals surface area contributed by atoms with E-state index in [0.29, 0.717) is 17.2 Å². The van der Waals surface area contributed by atoms with Crippen LogP contribution in [0.1, 0.15) is 38.3 Å². The van der Waals surface area contributed by atoms with Gasteiger partial charge in [0.25, 0.3) is 0 Å². The first-order valence-electron chi connectivity index (χ1n) is 9.53. The molecule has 28 heavy (non-hydrogen) atoms. The second-order valence-electron chi connectivity index (χ2n) is 6.74. The Morgan fingerprint density at radius 3 is 2.64 bits per heavy atom. The summed E-state index contributed by atoms with van der Waals surface area (Å²) in [4.78, 5) is 17.8. The number of halogens is 1. The number of para-hydroxylation sites is 2. The van der Waals surface area contributed by atoms with Crippen LogP contribution in [-0.4, -0.2) is 22.1 Å². The van der Waals surface area contributed by atoms with Crippen molar-refractivity contribution in [2.45, 2.75) is 32.7 Å². The molecule has 3 aromatic rings. The van der Waals surface area contributed by atoms with Gasteiger partial charge in [-0.2, -0.15) is 0 Å². The summed E-state index contributed by atoms with van der Waals surface area (Å²) in [6.45, 7) is 4.24. The number of carbonyl (C=O) groups is 1. The van der Waals surface area contributed by atoms with Gasteiger partial charge in [0.05, 0.1) is 29.3 Å². The number of hydrogen-bond donors (Lipinski definition) is 1. The number of fused-ring (bicyclic) bond motifs is 3. The van der Waals surface area contributed by atoms with E-state index in [1.807, 2.05) is 55.5 Å². The van der Waals surface area contributed by atoms with Gasteiger partial charge in [-0.25, -0.2) is 9.78 Å². The van der Waals surface area contributed by atoms with Crippen molar-refractivity contribution >= 4 is 34.6 Å². The molecule has 1 atom stereocenters. The van der Waals surface area contributed by atoms with E-state index in [2.05, 4.69) is 16.8 Å². The molecule has 0 saturated heterocycles. The molecule has 1 aromatic heterocycles. The van der Waals surface area contributed by atoms with Crippen molar-refractivity contribution in [2.75, 3.05) is 11.9 Å². The molecular formula is C22H22ClN3O2. The van der Waals surface area contributed by atoms with Gasteiger partial charge in [0.1, 0.15) is 0 Å². The van der Waals surface area contributed by atoms with Gasteiger partial charge in [0.2, 0.25) is 5.95 Å². The maximum absolute atomic E-state index is 13.0. The van der Waals surface area contributed by atoms with Crippen molar-refractivity contribution in [3.8, 4) is 0 Å². The molecule has 0 aliphatic carbocycles. The van der Waals surface area contributed by atoms with E-state index in [0.717, 1.165) is 41.1 Å². The molecule has 1 aliphatic rings. The minimum atomic E-state index is -0.332. The van der Waals surface area contributed by atoms with Crippen molar-refractivity contribution in [2.24, 2.45) is 0 Å². The number of nitrogens with one attached hydrogen (secondary N) is 1. The lowest BCUT2D eigenvalue weighted by molar-refractivity contribution is -0.139. The number of esters is 1. The topological polar surface area (TPSA) is 56.2 Å². The predicted molar refractivity (Wildman–Crippen MR) is 112 cm³/mol. The molecule has 2 aromatic carbocycles. The van der Waals surface area contributed by atoms with E-state index in [1.54, 1.807) is 0 Å². The van der Waals surface area contributed by atoms with Gasteiger partial charge in [0, 0.05) is 10.7 Å². The van der Waals surface area contributed by atoms with E-state index >= 15 is 0 Å². The van der Waals surface area contributed by atoms with Gasteiger partial charge in [-0.15, -0.1) is 0 Å². The largest absolute Gasteiger partial charge is 0.463 e. The van der Waals surface area contributed by atoms with Crippen molar-refractivity contribution in [3.05, 3.63) is 70.4 Å². The van der Waals surface area contributed by atoms with Crippen molar-refractivity contribution in [3.63, 3.8) is 0 Å². The van der Waals surface area contributed by atoms with E-state index < -0.39 is 0 Å². The summed E-state index contributed by atoms with van der Waals surface area (Å²) in [6, 6.07) is 15.2. The number of carbonyl (C=O) groups excluding carboxylic acids is 1. The SMILES string of the molecule is CCCC1=C(C(=O)OCC)[C@@H](c2ccc(Cl)cc2)n2c(nc3ccccc32)N1. The Kier molecular flexibility index (Phi) is 5.09. The lowest BCUT2D eigenvalue weighted by Crippen LogP contribution is -2.29. The fourth-order valence-corrected chi connectivity index (χ4v) is 3.87. The molecule has 0 amide bonds. The molecule has 0 radical (unpaired) electrons. The number of aromatic nitrogens is 2. The Labute approximate surface area is 169 Å². The molecule has 144 valence electrons. The number of benzene rings is 2. The molecule has 1 N–H and O–H groups in total. The maximum Gasteiger partial charge on any atom is 0.338 e. The smallest absolute Gasteiger partial charge is 0.338 e. The molecule has 2 heterocycles. The highest BCUT2D eigenvalue weighted by molar-refractivity contribution is 6.30. The summed E-state index contributed by atoms with van der Waals surface area (Å²) < 4.78 is 7.51. The van der Waals surface area contributed by atoms with Crippen LogP contribution in [0.4, 0.5) is 5.95 Å². The molecule has 1 aliphatic heterocycles. The minimum absolute atomic E-state index is 0.304. The van der Waals surface area contributed by atoms with Crippen LogP contribution in [0.3, 0.4) is 0 Å². The number of imidazole rings is 1. The third-order valence-corrected chi connectivity index (χ3v) is 5.15. The highest BCUT2D eigenvalue weighted by atomic mass is 35.5. The van der Waals surface area contributed by atoms with Crippen molar-refractivity contribution in [1.82, 2.24) is 9.55 Å². The van der Waals surface area contributed by atoms with Crippen LogP contribution in [0.2, 0.25) is 5.02 Å². The Balaban J connectivity index is 1.98. The second kappa shape index (κ2) is 7.68. The number of nitrogens with zero attached hydrogens (tertiary/aromatic N) is 2. The van der Waals surface area contributed by atoms with Gasteiger partial charge < -0.3 is 10.1 Å². The van der Waals surface area contributed by atoms with Crippen LogP contribution in [0.15, 0.2) is 59.8 Å². The highest BCUT2D eigenvalue weighted by Gasteiger charge is 2.35. The summed E-state index contributed by atoms with van der Waals surface area (Å²) in [7, 11) is 0. The summed E-state index contributed by atoms with van der Waals surface area (Å²) in [5.74, 6) is 0.430. The van der Waals surface area contributed by atoms with Crippen LogP contribution in [0.25, 0.3) is 11.0 Å². The Hall–Kier alpha value is -2.79. The third kappa shape index (κ3) is 3.16. The minimum Gasteiger partial charge on any atom is -0.463 e. The molecule has 0 fully saturated rings. The Bertz CT molecular complexity index is 1050. The van der Waals surface area contributed by atoms with Crippen LogP contribution < -0.4 is 5.32 Å². The first kappa shape index (κ1) is 18.6. The van der Waals surface area contributed by atoms with E-state index in [4.69, 9.17) is 21.3 Å². The molecule has 0 unspecified atom stereocenters. The molecule has 0 bridgehead atoms. The quantitative estimate of drug-likeness (QED) is 0.594. The van der Waals surface area contributed by atoms with Crippen LogP contribution in [-0.2, 0) is 9.53 Å². The second-order valence-corrected chi connectivity index (χ2v) is 7.17. The molecule has 0 saturated carbocycles. The number of ether oxygens (including phenoxy) is 1. The number of hydrogen-bond acceptors (Lipinski definition) is 4. The van der Waals surface area contributed by atoms with E-state index in [-0.39, 0.29) is 12.0 Å². The van der Waals surface area contributed by atoms with Gasteiger partial charge in [-0.3, -0.25) is 4.57 Å². The highest BCUT2D eigenvalue weighted by Crippen LogP contribution is 2.40. The number of anilines is 1. The van der Waals surface area contributed by atoms with Gasteiger partial charge >= 0.3 is 5.97 Å². The molecule has 0 spiro atoms. The lowest BCUT2D eigenvalue weighted by atomic mass is 9.93. The molecule has 4 rings (SSSR count). The number of rotatable bonds is 5.